The molecule has 12 nitrogen and oxygen atoms in total. The van der Waals surface area contributed by atoms with E-state index < -0.39 is 69.7 Å². The van der Waals surface area contributed by atoms with Gasteiger partial charge in [-0.05, 0) is 57.5 Å². The first kappa shape index (κ1) is 33.0. The number of anilines is 1. The molecule has 3 aliphatic rings. The molecule has 0 radical (unpaired) electrons. The van der Waals surface area contributed by atoms with E-state index in [1.165, 1.54) is 11.0 Å². The number of aliphatic hydroxyl groups excluding tert-OH is 2. The molecular formula is C26H34Cl2N4O8. The van der Waals surface area contributed by atoms with Crippen molar-refractivity contribution in [1.82, 2.24) is 10.2 Å². The number of halogens is 2. The lowest BCUT2D eigenvalue weighted by molar-refractivity contribution is -0.148. The van der Waals surface area contributed by atoms with Crippen LogP contribution >= 0.6 is 24.8 Å². The first-order valence-electron chi connectivity index (χ1n) is 12.4. The van der Waals surface area contributed by atoms with Gasteiger partial charge in [0.2, 0.25) is 11.7 Å². The van der Waals surface area contributed by atoms with Gasteiger partial charge in [0.25, 0.3) is 5.91 Å². The summed E-state index contributed by atoms with van der Waals surface area (Å²) in [6.07, 6.45) is 1.01. The van der Waals surface area contributed by atoms with Gasteiger partial charge in [0.1, 0.15) is 17.1 Å². The van der Waals surface area contributed by atoms with Gasteiger partial charge >= 0.3 is 0 Å². The number of phenolic OH excluding ortho intramolecular Hbond substituents is 1. The van der Waals surface area contributed by atoms with Crippen LogP contribution in [-0.4, -0.2) is 87.5 Å². The zero-order chi connectivity index (χ0) is 28.1. The van der Waals surface area contributed by atoms with Crippen LogP contribution in [0.5, 0.6) is 5.75 Å². The fourth-order valence-electron chi connectivity index (χ4n) is 5.90. The average molecular weight is 601 g/mol. The van der Waals surface area contributed by atoms with Crippen molar-refractivity contribution < 1.29 is 39.6 Å². The van der Waals surface area contributed by atoms with E-state index in [1.807, 2.05) is 6.92 Å². The molecule has 0 saturated carbocycles. The smallest absolute Gasteiger partial charge is 0.255 e. The number of primary amides is 1. The molecule has 14 heteroatoms. The van der Waals surface area contributed by atoms with Crippen LogP contribution in [0.1, 0.15) is 35.7 Å². The Morgan fingerprint density at radius 1 is 1.15 bits per heavy atom. The Kier molecular flexibility index (Phi) is 10.0. The molecule has 4 atom stereocenters. The van der Waals surface area contributed by atoms with Crippen LogP contribution in [0.3, 0.4) is 0 Å². The number of benzene rings is 1. The van der Waals surface area contributed by atoms with Gasteiger partial charge in [0, 0.05) is 11.5 Å². The van der Waals surface area contributed by atoms with E-state index in [4.69, 9.17) is 5.73 Å². The van der Waals surface area contributed by atoms with E-state index in [-0.39, 0.29) is 61.0 Å². The molecule has 0 bridgehead atoms. The maximum absolute atomic E-state index is 13.7. The van der Waals surface area contributed by atoms with Crippen molar-refractivity contribution in [3.05, 3.63) is 45.9 Å². The molecular weight excluding hydrogens is 567 g/mol. The number of carbonyl (C=O) groups is 4. The number of aromatic hydroxyl groups is 1. The summed E-state index contributed by atoms with van der Waals surface area (Å²) in [6, 6.07) is 2.02. The number of rotatable bonds is 7. The predicted molar refractivity (Wildman–Crippen MR) is 150 cm³/mol. The molecule has 0 fully saturated rings. The quantitative estimate of drug-likeness (QED) is 0.134. The Morgan fingerprint density at radius 2 is 1.80 bits per heavy atom. The van der Waals surface area contributed by atoms with Crippen molar-refractivity contribution in [3.8, 4) is 5.75 Å². The van der Waals surface area contributed by atoms with Crippen LogP contribution < -0.4 is 16.4 Å². The molecule has 0 heterocycles. The van der Waals surface area contributed by atoms with Crippen molar-refractivity contribution in [1.29, 1.82) is 0 Å². The number of Topliss-reactive ketones (excluding diaryl/α,β-unsaturated/α-hetero) is 2. The zero-order valence-electron chi connectivity index (χ0n) is 22.2. The van der Waals surface area contributed by atoms with Crippen molar-refractivity contribution >= 4 is 53.9 Å². The van der Waals surface area contributed by atoms with Crippen LogP contribution in [0.25, 0.3) is 0 Å². The fourth-order valence-corrected chi connectivity index (χ4v) is 5.90. The lowest BCUT2D eigenvalue weighted by Gasteiger charge is -2.50. The topological polar surface area (TPSA) is 203 Å². The maximum atomic E-state index is 13.7. The van der Waals surface area contributed by atoms with Crippen LogP contribution in [0, 0.1) is 11.8 Å². The molecule has 1 aromatic rings. The Labute approximate surface area is 243 Å². The lowest BCUT2D eigenvalue weighted by Crippen LogP contribution is -2.63. The Morgan fingerprint density at radius 3 is 2.38 bits per heavy atom. The number of phenols is 1. The predicted octanol–water partition coefficient (Wildman–Crippen LogP) is 0.902. The standard InChI is InChI=1S/C26H32N4O8.2ClH/c1-4-7-28-10-15(31)29-14-6-5-11-8-12-9-13-19(30(2)3)22(34)18(25(27)37)24(36)26(13,38)23(35)17(12)21(33)16(11)20(14)32;;/h5-6,12-13,19,28,32,34-35,38H,4,7-10H2,1-3H3,(H2,27,37)(H,29,31);2*1H/t12?,13?,19-,26-;;/m0../s1. The molecule has 220 valence electrons. The van der Waals surface area contributed by atoms with E-state index in [1.54, 1.807) is 20.2 Å². The van der Waals surface area contributed by atoms with E-state index in [0.717, 1.165) is 6.42 Å². The number of hydrogen-bond donors (Lipinski definition) is 7. The van der Waals surface area contributed by atoms with Crippen molar-refractivity contribution in [2.45, 2.75) is 37.8 Å². The number of hydrogen-bond acceptors (Lipinski definition) is 10. The normalized spacial score (nSPS) is 25.4. The van der Waals surface area contributed by atoms with Gasteiger partial charge in [-0.25, -0.2) is 0 Å². The van der Waals surface area contributed by atoms with E-state index in [9.17, 15) is 39.6 Å². The van der Waals surface area contributed by atoms with Gasteiger partial charge in [0.05, 0.1) is 23.8 Å². The second kappa shape index (κ2) is 12.1. The zero-order valence-corrected chi connectivity index (χ0v) is 23.8. The molecule has 0 spiro atoms. The number of fused-ring (bicyclic) bond motifs is 3. The first-order valence-corrected chi connectivity index (χ1v) is 12.4. The molecule has 0 saturated heterocycles. The molecule has 0 aliphatic heterocycles. The van der Waals surface area contributed by atoms with Crippen LogP contribution in [0.15, 0.2) is 34.8 Å². The number of ketones is 2. The molecule has 4 rings (SSSR count). The van der Waals surface area contributed by atoms with Crippen LogP contribution in [-0.2, 0) is 20.8 Å². The van der Waals surface area contributed by atoms with E-state index in [0.29, 0.717) is 12.1 Å². The third-order valence-corrected chi connectivity index (χ3v) is 7.58. The van der Waals surface area contributed by atoms with Crippen LogP contribution in [0.4, 0.5) is 5.69 Å². The highest BCUT2D eigenvalue weighted by atomic mass is 35.5. The maximum Gasteiger partial charge on any atom is 0.255 e. The molecule has 2 unspecified atom stereocenters. The average Bonchev–Trinajstić information content (AvgIpc) is 2.83. The van der Waals surface area contributed by atoms with Gasteiger partial charge < -0.3 is 36.8 Å². The minimum atomic E-state index is -2.70. The third kappa shape index (κ3) is 5.06. The number of nitrogens with zero attached hydrogens (tertiary/aromatic N) is 1. The highest BCUT2D eigenvalue weighted by Gasteiger charge is 2.63. The monoisotopic (exact) mass is 600 g/mol. The van der Waals surface area contributed by atoms with Gasteiger partial charge in [-0.2, -0.15) is 0 Å². The number of amides is 2. The van der Waals surface area contributed by atoms with Gasteiger partial charge in [-0.15, -0.1) is 24.8 Å². The second-order valence-corrected chi connectivity index (χ2v) is 10.2. The highest BCUT2D eigenvalue weighted by molar-refractivity contribution is 6.25. The SMILES string of the molecule is CCCNCC(=O)Nc1ccc2c(c1O)C(=O)C1=C(O)[C@]3(O)C(=O)C(C(N)=O)=C(O)[C@@H](N(C)C)C3CC1C2.Cl.Cl. The molecule has 8 N–H and O–H groups in total. The summed E-state index contributed by atoms with van der Waals surface area (Å²) in [6.45, 7) is 2.57. The third-order valence-electron chi connectivity index (χ3n) is 7.58. The molecule has 3 aliphatic carbocycles. The summed E-state index contributed by atoms with van der Waals surface area (Å²) >= 11 is 0. The number of carbonyl (C=O) groups excluding carboxylic acids is 4. The second-order valence-electron chi connectivity index (χ2n) is 10.2. The molecule has 40 heavy (non-hydrogen) atoms. The largest absolute Gasteiger partial charge is 0.510 e. The van der Waals surface area contributed by atoms with Crippen LogP contribution in [0.2, 0.25) is 0 Å². The summed E-state index contributed by atoms with van der Waals surface area (Å²) in [5.41, 5.74) is 1.81. The molecule has 1 aromatic carbocycles. The summed E-state index contributed by atoms with van der Waals surface area (Å²) < 4.78 is 0. The number of nitrogens with two attached hydrogens (primary N) is 1. The Bertz CT molecular complexity index is 1310. The Hall–Kier alpha value is -3.16. The Balaban J connectivity index is 0.00000280. The van der Waals surface area contributed by atoms with Gasteiger partial charge in [-0.1, -0.05) is 13.0 Å². The summed E-state index contributed by atoms with van der Waals surface area (Å²) in [5, 5.41) is 50.1. The highest BCUT2D eigenvalue weighted by Crippen LogP contribution is 2.52. The minimum Gasteiger partial charge on any atom is -0.510 e. The van der Waals surface area contributed by atoms with Crippen molar-refractivity contribution in [3.63, 3.8) is 0 Å². The molecule has 2 amide bonds. The number of nitrogens with one attached hydrogen (secondary N) is 2. The number of likely N-dealkylation sites (N-methyl/N-ethyl adjacent to an activating group) is 1. The summed E-state index contributed by atoms with van der Waals surface area (Å²) in [4.78, 5) is 52.7. The van der Waals surface area contributed by atoms with Gasteiger partial charge in [0.15, 0.2) is 17.1 Å². The first-order chi connectivity index (χ1) is 17.9. The minimum absolute atomic E-state index is 0. The van der Waals surface area contributed by atoms with Crippen molar-refractivity contribution in [2.75, 3.05) is 32.5 Å². The van der Waals surface area contributed by atoms with Gasteiger partial charge in [-0.3, -0.25) is 24.1 Å². The fraction of sp³-hybridized carbons (Fsp3) is 0.462. The molecule has 0 aromatic heterocycles. The lowest BCUT2D eigenvalue weighted by atomic mass is 9.58. The van der Waals surface area contributed by atoms with E-state index in [2.05, 4.69) is 10.6 Å². The van der Waals surface area contributed by atoms with E-state index >= 15 is 0 Å². The summed E-state index contributed by atoms with van der Waals surface area (Å²) in [5.74, 6) is -7.61. The summed E-state index contributed by atoms with van der Waals surface area (Å²) in [7, 11) is 3.14. The number of allylic oxidation sites excluding steroid dienone is 1. The number of aliphatic hydroxyl groups is 3. The van der Waals surface area contributed by atoms with Crippen molar-refractivity contribution in [2.24, 2.45) is 17.6 Å².